The van der Waals surface area contributed by atoms with Gasteiger partial charge < -0.3 is 14.0 Å². The van der Waals surface area contributed by atoms with Crippen molar-refractivity contribution < 1.29 is 24.0 Å². The lowest BCUT2D eigenvalue weighted by atomic mass is 9.87. The molecule has 1 aromatic heterocycles. The Morgan fingerprint density at radius 3 is 2.69 bits per heavy atom. The number of carbonyl (C=O) groups excluding carboxylic acids is 1. The van der Waals surface area contributed by atoms with Crippen molar-refractivity contribution in [1.29, 1.82) is 0 Å². The van der Waals surface area contributed by atoms with Gasteiger partial charge in [0.2, 0.25) is 0 Å². The molecule has 1 aliphatic rings. The van der Waals surface area contributed by atoms with Gasteiger partial charge in [-0.15, -0.1) is 0 Å². The van der Waals surface area contributed by atoms with E-state index in [0.717, 1.165) is 35.4 Å². The van der Waals surface area contributed by atoms with Crippen molar-refractivity contribution in [3.8, 4) is 17.0 Å². The van der Waals surface area contributed by atoms with Crippen LogP contribution in [0.25, 0.3) is 11.3 Å². The van der Waals surface area contributed by atoms with Crippen LogP contribution >= 0.6 is 0 Å². The summed E-state index contributed by atoms with van der Waals surface area (Å²) in [6.45, 7) is 5.48. The molecule has 3 rings (SSSR count). The number of hydrogen-bond donors (Lipinski definition) is 0. The van der Waals surface area contributed by atoms with Crippen LogP contribution in [0.2, 0.25) is 0 Å². The van der Waals surface area contributed by atoms with Crippen LogP contribution in [0.15, 0.2) is 35.3 Å². The van der Waals surface area contributed by atoms with E-state index in [-0.39, 0.29) is 11.6 Å². The Balaban J connectivity index is 1.99. The van der Waals surface area contributed by atoms with E-state index >= 15 is 0 Å². The van der Waals surface area contributed by atoms with Crippen LogP contribution in [-0.2, 0) is 20.9 Å². The smallest absolute Gasteiger partial charge is 0.378 e. The molecule has 2 heterocycles. The Bertz CT molecular complexity index is 933. The van der Waals surface area contributed by atoms with Crippen molar-refractivity contribution in [2.45, 2.75) is 32.7 Å². The van der Waals surface area contributed by atoms with E-state index in [2.05, 4.69) is 23.6 Å². The normalized spacial score (nSPS) is 15.0. The number of carbonyl (C=O) groups is 1. The van der Waals surface area contributed by atoms with Gasteiger partial charge in [-0.2, -0.15) is 4.89 Å². The molecule has 7 heteroatoms. The number of pyridine rings is 1. The summed E-state index contributed by atoms with van der Waals surface area (Å²) in [5.74, 6) is 0.307. The summed E-state index contributed by atoms with van der Waals surface area (Å²) in [5, 5.41) is 0. The summed E-state index contributed by atoms with van der Waals surface area (Å²) in [7, 11) is 2.90. The molecule has 0 spiro atoms. The molecular weight excluding hydrogens is 374 g/mol. The second-order valence-corrected chi connectivity index (χ2v) is 7.41. The zero-order valence-electron chi connectivity index (χ0n) is 17.3. The molecule has 0 amide bonds. The van der Waals surface area contributed by atoms with Crippen LogP contribution in [0.1, 0.15) is 42.2 Å². The van der Waals surface area contributed by atoms with Crippen molar-refractivity contribution >= 4 is 5.97 Å². The minimum Gasteiger partial charge on any atom is -0.493 e. The summed E-state index contributed by atoms with van der Waals surface area (Å²) in [4.78, 5) is 33.6. The third-order valence-electron chi connectivity index (χ3n) is 5.13. The monoisotopic (exact) mass is 401 g/mol. The zero-order chi connectivity index (χ0) is 21.0. The van der Waals surface area contributed by atoms with Crippen molar-refractivity contribution in [1.82, 2.24) is 4.57 Å². The van der Waals surface area contributed by atoms with Gasteiger partial charge >= 0.3 is 5.97 Å². The standard InChI is InChI=1S/C22H27NO6/c1-14(2)19-11-15-10-16(28-9-5-8-26-3)6-7-17(15)20-12-21(24)18(13-23(19)20)22(25)29-27-4/h6-7,10,12-14,19H,5,8-9,11H2,1-4H3. The van der Waals surface area contributed by atoms with Crippen LogP contribution in [-0.4, -0.2) is 38.0 Å². The first-order valence-electron chi connectivity index (χ1n) is 9.72. The van der Waals surface area contributed by atoms with E-state index in [4.69, 9.17) is 9.47 Å². The number of ether oxygens (including phenoxy) is 2. The predicted octanol–water partition coefficient (Wildman–Crippen LogP) is 3.40. The van der Waals surface area contributed by atoms with Crippen LogP contribution in [0, 0.1) is 5.92 Å². The lowest BCUT2D eigenvalue weighted by molar-refractivity contribution is -0.216. The Kier molecular flexibility index (Phi) is 6.71. The highest BCUT2D eigenvalue weighted by atomic mass is 17.2. The molecule has 0 aliphatic carbocycles. The SMILES string of the molecule is COCCCOc1ccc2c(c1)CC(C(C)C)n1cc(C(=O)OOC)c(=O)cc1-2. The molecule has 1 atom stereocenters. The maximum Gasteiger partial charge on any atom is 0.378 e. The first-order valence-corrected chi connectivity index (χ1v) is 9.72. The molecule has 1 aliphatic heterocycles. The van der Waals surface area contributed by atoms with Gasteiger partial charge in [0.25, 0.3) is 0 Å². The van der Waals surface area contributed by atoms with Crippen molar-refractivity contribution in [3.63, 3.8) is 0 Å². The fourth-order valence-electron chi connectivity index (χ4n) is 3.67. The van der Waals surface area contributed by atoms with Gasteiger partial charge in [0, 0.05) is 44.0 Å². The second kappa shape index (κ2) is 9.24. The maximum atomic E-state index is 12.6. The lowest BCUT2D eigenvalue weighted by Gasteiger charge is -2.33. The van der Waals surface area contributed by atoms with Gasteiger partial charge in [-0.25, -0.2) is 4.79 Å². The molecule has 1 aromatic carbocycles. The van der Waals surface area contributed by atoms with Gasteiger partial charge in [0.1, 0.15) is 11.3 Å². The molecular formula is C22H27NO6. The van der Waals surface area contributed by atoms with E-state index in [9.17, 15) is 9.59 Å². The van der Waals surface area contributed by atoms with E-state index < -0.39 is 11.4 Å². The highest BCUT2D eigenvalue weighted by molar-refractivity contribution is 5.89. The van der Waals surface area contributed by atoms with Gasteiger partial charge in [0.15, 0.2) is 5.43 Å². The number of aromatic nitrogens is 1. The first-order chi connectivity index (χ1) is 14.0. The molecule has 0 saturated heterocycles. The molecule has 0 fully saturated rings. The molecule has 29 heavy (non-hydrogen) atoms. The molecule has 156 valence electrons. The molecule has 0 N–H and O–H groups in total. The van der Waals surface area contributed by atoms with E-state index in [0.29, 0.717) is 19.1 Å². The molecule has 2 aromatic rings. The zero-order valence-corrected chi connectivity index (χ0v) is 17.3. The number of methoxy groups -OCH3 is 1. The third kappa shape index (κ3) is 4.52. The van der Waals surface area contributed by atoms with Crippen LogP contribution in [0.4, 0.5) is 0 Å². The lowest BCUT2D eigenvalue weighted by Crippen LogP contribution is -2.28. The molecule has 0 radical (unpaired) electrons. The first kappa shape index (κ1) is 21.1. The van der Waals surface area contributed by atoms with Crippen molar-refractivity contribution in [2.24, 2.45) is 5.92 Å². The van der Waals surface area contributed by atoms with Gasteiger partial charge in [-0.1, -0.05) is 13.8 Å². The van der Waals surface area contributed by atoms with Gasteiger partial charge in [-0.3, -0.25) is 9.68 Å². The average Bonchev–Trinajstić information content (AvgIpc) is 2.70. The van der Waals surface area contributed by atoms with Crippen molar-refractivity contribution in [3.05, 3.63) is 51.8 Å². The van der Waals surface area contributed by atoms with Crippen LogP contribution < -0.4 is 10.2 Å². The quantitative estimate of drug-likeness (QED) is 0.383. The number of fused-ring (bicyclic) bond motifs is 3. The summed E-state index contributed by atoms with van der Waals surface area (Å²) in [6, 6.07) is 7.51. The highest BCUT2D eigenvalue weighted by Gasteiger charge is 2.28. The summed E-state index contributed by atoms with van der Waals surface area (Å²) in [5.41, 5.74) is 2.45. The topological polar surface area (TPSA) is 76.0 Å². The van der Waals surface area contributed by atoms with E-state index in [1.54, 1.807) is 13.3 Å². The fourth-order valence-corrected chi connectivity index (χ4v) is 3.67. The number of benzene rings is 1. The van der Waals surface area contributed by atoms with E-state index in [1.807, 2.05) is 22.8 Å². The average molecular weight is 401 g/mol. The summed E-state index contributed by atoms with van der Waals surface area (Å²) < 4.78 is 12.9. The van der Waals surface area contributed by atoms with E-state index in [1.165, 1.54) is 13.2 Å². The molecule has 7 nitrogen and oxygen atoms in total. The van der Waals surface area contributed by atoms with Crippen LogP contribution in [0.3, 0.4) is 0 Å². The van der Waals surface area contributed by atoms with Gasteiger partial charge in [-0.05, 0) is 36.1 Å². The summed E-state index contributed by atoms with van der Waals surface area (Å²) in [6.07, 6.45) is 3.18. The summed E-state index contributed by atoms with van der Waals surface area (Å²) >= 11 is 0. The minimum absolute atomic E-state index is 0.0391. The van der Waals surface area contributed by atoms with Gasteiger partial charge in [0.05, 0.1) is 19.4 Å². The molecule has 0 bridgehead atoms. The fraction of sp³-hybridized carbons (Fsp3) is 0.455. The van der Waals surface area contributed by atoms with Crippen LogP contribution in [0.5, 0.6) is 5.75 Å². The number of nitrogens with zero attached hydrogens (tertiary/aromatic N) is 1. The second-order valence-electron chi connectivity index (χ2n) is 7.41. The van der Waals surface area contributed by atoms with Crippen molar-refractivity contribution in [2.75, 3.05) is 27.4 Å². The highest BCUT2D eigenvalue weighted by Crippen LogP contribution is 2.38. The largest absolute Gasteiger partial charge is 0.493 e. The predicted molar refractivity (Wildman–Crippen MR) is 108 cm³/mol. The third-order valence-corrected chi connectivity index (χ3v) is 5.13. The maximum absolute atomic E-state index is 12.6. The number of rotatable bonds is 8. The Labute approximate surface area is 170 Å². The Morgan fingerprint density at radius 1 is 1.21 bits per heavy atom. The molecule has 0 saturated carbocycles. The minimum atomic E-state index is -0.791. The number of hydrogen-bond acceptors (Lipinski definition) is 6. The Hall–Kier alpha value is -2.64. The molecule has 1 unspecified atom stereocenters. The Morgan fingerprint density at radius 2 is 2.00 bits per heavy atom.